The van der Waals surface area contributed by atoms with Gasteiger partial charge in [-0.2, -0.15) is 0 Å². The van der Waals surface area contributed by atoms with Crippen molar-refractivity contribution in [3.05, 3.63) is 35.7 Å². The van der Waals surface area contributed by atoms with Crippen LogP contribution in [0, 0.1) is 0 Å². The maximum atomic E-state index is 4.62. The normalized spacial score (nSPS) is 21.0. The number of aliphatic imine (C=N–C) groups is 1. The van der Waals surface area contributed by atoms with Crippen LogP contribution in [0.5, 0.6) is 0 Å². The molecule has 0 aromatic heterocycles. The number of allylic oxidation sites excluding steroid dienone is 4. The van der Waals surface area contributed by atoms with E-state index in [-0.39, 0.29) is 0 Å². The Balaban J connectivity index is 0.000000659. The molecule has 0 saturated carbocycles. The van der Waals surface area contributed by atoms with Crippen molar-refractivity contribution in [1.82, 2.24) is 5.32 Å². The molecule has 0 spiro atoms. The maximum Gasteiger partial charge on any atom is 0.0821 e. The molecule has 0 aromatic rings. The van der Waals surface area contributed by atoms with E-state index in [2.05, 4.69) is 48.5 Å². The molecule has 1 aliphatic heterocycles. The van der Waals surface area contributed by atoms with Gasteiger partial charge in [0.1, 0.15) is 0 Å². The fourth-order valence-corrected chi connectivity index (χ4v) is 1.90. The van der Waals surface area contributed by atoms with Gasteiger partial charge in [0.25, 0.3) is 0 Å². The first kappa shape index (κ1) is 16.7. The minimum atomic E-state index is 0.492. The Labute approximate surface area is 113 Å². The third kappa shape index (κ3) is 5.35. The van der Waals surface area contributed by atoms with E-state index in [1.165, 1.54) is 11.4 Å². The predicted octanol–water partition coefficient (Wildman–Crippen LogP) is 4.61. The molecule has 2 rings (SSSR count). The summed E-state index contributed by atoms with van der Waals surface area (Å²) in [5, 5.41) is 3.51. The highest BCUT2D eigenvalue weighted by Gasteiger charge is 2.13. The van der Waals surface area contributed by atoms with Gasteiger partial charge in [-0.3, -0.25) is 4.99 Å². The van der Waals surface area contributed by atoms with Crippen LogP contribution in [0.25, 0.3) is 0 Å². The average molecular weight is 248 g/mol. The lowest BCUT2D eigenvalue weighted by molar-refractivity contribution is 0.629. The molecule has 0 bridgehead atoms. The zero-order chi connectivity index (χ0) is 14.0. The second kappa shape index (κ2) is 9.69. The van der Waals surface area contributed by atoms with E-state index in [0.29, 0.717) is 6.04 Å². The van der Waals surface area contributed by atoms with Crippen LogP contribution in [0.15, 0.2) is 40.7 Å². The van der Waals surface area contributed by atoms with E-state index >= 15 is 0 Å². The zero-order valence-corrected chi connectivity index (χ0v) is 12.7. The summed E-state index contributed by atoms with van der Waals surface area (Å²) in [4.78, 5) is 4.62. The van der Waals surface area contributed by atoms with Crippen molar-refractivity contribution in [3.63, 3.8) is 0 Å². The first-order valence-electron chi connectivity index (χ1n) is 7.13. The van der Waals surface area contributed by atoms with E-state index in [1.54, 1.807) is 0 Å². The number of nitrogens with one attached hydrogen (secondary N) is 1. The van der Waals surface area contributed by atoms with Gasteiger partial charge in [0.2, 0.25) is 0 Å². The molecule has 0 amide bonds. The van der Waals surface area contributed by atoms with Crippen molar-refractivity contribution in [3.8, 4) is 0 Å². The Bertz CT molecular complexity index is 346. The lowest BCUT2D eigenvalue weighted by Gasteiger charge is -2.14. The minimum Gasteiger partial charge on any atom is -0.384 e. The molecule has 0 aromatic carbocycles. The molecule has 2 aliphatic rings. The Morgan fingerprint density at radius 2 is 1.83 bits per heavy atom. The van der Waals surface area contributed by atoms with E-state index in [1.807, 2.05) is 27.7 Å². The molecule has 102 valence electrons. The molecule has 0 radical (unpaired) electrons. The quantitative estimate of drug-likeness (QED) is 0.665. The summed E-state index contributed by atoms with van der Waals surface area (Å²) >= 11 is 0. The number of hydrogen-bond donors (Lipinski definition) is 1. The van der Waals surface area contributed by atoms with E-state index in [0.717, 1.165) is 18.5 Å². The van der Waals surface area contributed by atoms with Crippen molar-refractivity contribution in [2.24, 2.45) is 4.99 Å². The lowest BCUT2D eigenvalue weighted by Crippen LogP contribution is -2.25. The van der Waals surface area contributed by atoms with Crippen molar-refractivity contribution >= 4 is 5.71 Å². The van der Waals surface area contributed by atoms with Gasteiger partial charge < -0.3 is 5.32 Å². The smallest absolute Gasteiger partial charge is 0.0821 e. The van der Waals surface area contributed by atoms with Gasteiger partial charge in [0.15, 0.2) is 0 Å². The summed E-state index contributed by atoms with van der Waals surface area (Å²) in [7, 11) is 0. The fourth-order valence-electron chi connectivity index (χ4n) is 1.90. The van der Waals surface area contributed by atoms with Crippen LogP contribution in [-0.4, -0.2) is 11.8 Å². The Morgan fingerprint density at radius 3 is 2.50 bits per heavy atom. The average Bonchev–Trinajstić information content (AvgIpc) is 2.66. The summed E-state index contributed by atoms with van der Waals surface area (Å²) in [5.74, 6) is 0. The monoisotopic (exact) mass is 248 g/mol. The molecule has 1 heterocycles. The molecule has 1 N–H and O–H groups in total. The van der Waals surface area contributed by atoms with Gasteiger partial charge in [-0.05, 0) is 19.9 Å². The molecule has 1 aliphatic carbocycles. The third-order valence-corrected chi connectivity index (χ3v) is 2.47. The molecule has 0 fully saturated rings. The van der Waals surface area contributed by atoms with Crippen LogP contribution in [0.2, 0.25) is 0 Å². The predicted molar refractivity (Wildman–Crippen MR) is 82.9 cm³/mol. The topological polar surface area (TPSA) is 24.4 Å². The molecule has 0 saturated heterocycles. The van der Waals surface area contributed by atoms with Crippen molar-refractivity contribution in [2.45, 2.75) is 60.4 Å². The van der Waals surface area contributed by atoms with Gasteiger partial charge in [-0.15, -0.1) is 0 Å². The van der Waals surface area contributed by atoms with Crippen LogP contribution >= 0.6 is 0 Å². The van der Waals surface area contributed by atoms with Crippen molar-refractivity contribution in [2.75, 3.05) is 0 Å². The van der Waals surface area contributed by atoms with Crippen LogP contribution in [0.1, 0.15) is 54.4 Å². The minimum absolute atomic E-state index is 0.492. The zero-order valence-electron chi connectivity index (χ0n) is 12.7. The van der Waals surface area contributed by atoms with Crippen LogP contribution in [0.3, 0.4) is 0 Å². The molecular formula is C16H28N2. The Kier molecular flexibility index (Phi) is 8.99. The summed E-state index contributed by atoms with van der Waals surface area (Å²) in [6, 6.07) is 0.492. The van der Waals surface area contributed by atoms with Crippen molar-refractivity contribution in [1.29, 1.82) is 0 Å². The fraction of sp³-hybridized carbons (Fsp3) is 0.562. The standard InChI is InChI=1S/C12H16N2.2C2H6/c1-9-8-10(2)14-12-7-5-3-4-6-11(12)13-9;2*1-2/h3-6,10,14H,7-8H2,1-2H3;2*1-2H3. The number of nitrogens with zero attached hydrogens (tertiary/aromatic N) is 1. The van der Waals surface area contributed by atoms with Crippen molar-refractivity contribution < 1.29 is 0 Å². The van der Waals surface area contributed by atoms with Crippen LogP contribution in [-0.2, 0) is 0 Å². The number of hydrogen-bond acceptors (Lipinski definition) is 2. The van der Waals surface area contributed by atoms with Crippen LogP contribution < -0.4 is 5.32 Å². The number of rotatable bonds is 0. The van der Waals surface area contributed by atoms with Gasteiger partial charge in [-0.1, -0.05) is 45.9 Å². The van der Waals surface area contributed by atoms with Gasteiger partial charge in [-0.25, -0.2) is 0 Å². The molecule has 1 unspecified atom stereocenters. The van der Waals surface area contributed by atoms with E-state index in [9.17, 15) is 0 Å². The Hall–Kier alpha value is -1.31. The highest BCUT2D eigenvalue weighted by Crippen LogP contribution is 2.18. The summed E-state index contributed by atoms with van der Waals surface area (Å²) in [6.45, 7) is 12.3. The highest BCUT2D eigenvalue weighted by atomic mass is 15.0. The van der Waals surface area contributed by atoms with E-state index < -0.39 is 0 Å². The second-order valence-corrected chi connectivity index (χ2v) is 3.95. The first-order valence-corrected chi connectivity index (χ1v) is 7.13. The molecular weight excluding hydrogens is 220 g/mol. The molecule has 18 heavy (non-hydrogen) atoms. The summed E-state index contributed by atoms with van der Waals surface area (Å²) in [5.41, 5.74) is 3.55. The lowest BCUT2D eigenvalue weighted by atomic mass is 10.1. The van der Waals surface area contributed by atoms with Crippen LogP contribution in [0.4, 0.5) is 0 Å². The van der Waals surface area contributed by atoms with E-state index in [4.69, 9.17) is 0 Å². The summed E-state index contributed by atoms with van der Waals surface area (Å²) < 4.78 is 0. The summed E-state index contributed by atoms with van der Waals surface area (Å²) in [6.07, 6.45) is 10.4. The first-order chi connectivity index (χ1) is 8.75. The Morgan fingerprint density at radius 1 is 1.17 bits per heavy atom. The van der Waals surface area contributed by atoms with Gasteiger partial charge >= 0.3 is 0 Å². The SMILES string of the molecule is CC.CC.CC1=NC2=C(CC=CC=C2)NC(C)C1. The second-order valence-electron chi connectivity index (χ2n) is 3.95. The van der Waals surface area contributed by atoms with Gasteiger partial charge in [0.05, 0.1) is 5.70 Å². The largest absolute Gasteiger partial charge is 0.384 e. The van der Waals surface area contributed by atoms with Gasteiger partial charge in [0, 0.05) is 30.3 Å². The highest BCUT2D eigenvalue weighted by molar-refractivity contribution is 5.84. The molecule has 1 atom stereocenters. The molecule has 2 heteroatoms. The molecule has 2 nitrogen and oxygen atoms in total. The maximum absolute atomic E-state index is 4.62. The third-order valence-electron chi connectivity index (χ3n) is 2.47.